The number of aliphatic hydroxyl groups excluding tert-OH is 1. The summed E-state index contributed by atoms with van der Waals surface area (Å²) in [6.07, 6.45) is -0.679. The zero-order valence-electron chi connectivity index (χ0n) is 15.4. The zero-order chi connectivity index (χ0) is 21.2. The van der Waals surface area contributed by atoms with Crippen LogP contribution in [0, 0.1) is 0 Å². The standard InChI is InChI=1S/C19H18F3N3O3S/c1-29(27,28)15-5-3-13(4-6-15)16-17(14-7-9-23-10-8-14)24-25(11-2-12-26)18(16)19(20,21)22/h3-10,26H,2,11-12H2,1H3. The second kappa shape index (κ2) is 7.96. The van der Waals surface area contributed by atoms with E-state index >= 15 is 0 Å². The number of aryl methyl sites for hydroxylation is 1. The van der Waals surface area contributed by atoms with E-state index in [4.69, 9.17) is 5.11 Å². The number of benzene rings is 1. The molecular weight excluding hydrogens is 407 g/mol. The molecule has 0 aliphatic heterocycles. The molecule has 0 aliphatic carbocycles. The molecule has 3 rings (SSSR count). The molecule has 154 valence electrons. The SMILES string of the molecule is CS(=O)(=O)c1ccc(-c2c(-c3ccncc3)nn(CCCO)c2C(F)(F)F)cc1. The quantitative estimate of drug-likeness (QED) is 0.654. The Morgan fingerprint density at radius 1 is 1.03 bits per heavy atom. The van der Waals surface area contributed by atoms with E-state index < -0.39 is 21.7 Å². The Kier molecular flexibility index (Phi) is 5.76. The lowest BCUT2D eigenvalue weighted by atomic mass is 9.99. The van der Waals surface area contributed by atoms with Gasteiger partial charge in [0.25, 0.3) is 0 Å². The molecule has 2 aromatic heterocycles. The summed E-state index contributed by atoms with van der Waals surface area (Å²) in [6, 6.07) is 8.31. The zero-order valence-corrected chi connectivity index (χ0v) is 16.2. The molecule has 0 aliphatic rings. The van der Waals surface area contributed by atoms with E-state index in [1.807, 2.05) is 0 Å². The molecule has 0 saturated carbocycles. The van der Waals surface area contributed by atoms with Crippen molar-refractivity contribution in [2.24, 2.45) is 0 Å². The van der Waals surface area contributed by atoms with Crippen LogP contribution >= 0.6 is 0 Å². The molecule has 3 aromatic rings. The van der Waals surface area contributed by atoms with E-state index in [0.717, 1.165) is 10.9 Å². The average molecular weight is 425 g/mol. The minimum atomic E-state index is -4.71. The highest BCUT2D eigenvalue weighted by Gasteiger charge is 2.40. The van der Waals surface area contributed by atoms with Crippen molar-refractivity contribution in [1.82, 2.24) is 14.8 Å². The normalized spacial score (nSPS) is 12.3. The van der Waals surface area contributed by atoms with Crippen molar-refractivity contribution in [3.8, 4) is 22.4 Å². The predicted octanol–water partition coefficient (Wildman–Crippen LogP) is 3.42. The smallest absolute Gasteiger partial charge is 0.396 e. The molecule has 6 nitrogen and oxygen atoms in total. The van der Waals surface area contributed by atoms with Crippen LogP contribution in [-0.4, -0.2) is 41.2 Å². The largest absolute Gasteiger partial charge is 0.433 e. The lowest BCUT2D eigenvalue weighted by molar-refractivity contribution is -0.143. The first-order valence-corrected chi connectivity index (χ1v) is 10.5. The van der Waals surface area contributed by atoms with Crippen molar-refractivity contribution in [3.63, 3.8) is 0 Å². The summed E-state index contributed by atoms with van der Waals surface area (Å²) in [4.78, 5) is 3.89. The molecule has 0 radical (unpaired) electrons. The van der Waals surface area contributed by atoms with E-state index in [1.165, 1.54) is 36.7 Å². The maximum Gasteiger partial charge on any atom is 0.433 e. The van der Waals surface area contributed by atoms with E-state index in [0.29, 0.717) is 5.56 Å². The van der Waals surface area contributed by atoms with Gasteiger partial charge in [-0.05, 0) is 36.2 Å². The van der Waals surface area contributed by atoms with Crippen LogP contribution < -0.4 is 0 Å². The van der Waals surface area contributed by atoms with Crippen molar-refractivity contribution in [2.45, 2.75) is 24.0 Å². The number of pyridine rings is 1. The third-order valence-electron chi connectivity index (χ3n) is 4.27. The summed E-state index contributed by atoms with van der Waals surface area (Å²) in [5.41, 5.74) is -0.376. The third kappa shape index (κ3) is 4.48. The van der Waals surface area contributed by atoms with E-state index in [9.17, 15) is 21.6 Å². The number of sulfone groups is 1. The maximum atomic E-state index is 14.0. The van der Waals surface area contributed by atoms with Gasteiger partial charge in [-0.1, -0.05) is 12.1 Å². The summed E-state index contributed by atoms with van der Waals surface area (Å²) in [6.45, 7) is -0.398. The number of aromatic nitrogens is 3. The molecule has 0 amide bonds. The molecule has 1 aromatic carbocycles. The minimum Gasteiger partial charge on any atom is -0.396 e. The van der Waals surface area contributed by atoms with Crippen LogP contribution in [0.25, 0.3) is 22.4 Å². The summed E-state index contributed by atoms with van der Waals surface area (Å²) in [5.74, 6) is 0. The van der Waals surface area contributed by atoms with Gasteiger partial charge in [0, 0.05) is 42.9 Å². The van der Waals surface area contributed by atoms with Crippen molar-refractivity contribution >= 4 is 9.84 Å². The fraction of sp³-hybridized carbons (Fsp3) is 0.263. The van der Waals surface area contributed by atoms with E-state index in [-0.39, 0.29) is 41.3 Å². The lowest BCUT2D eigenvalue weighted by Gasteiger charge is -2.13. The van der Waals surface area contributed by atoms with Gasteiger partial charge in [-0.2, -0.15) is 18.3 Å². The number of alkyl halides is 3. The number of hydrogen-bond donors (Lipinski definition) is 1. The Morgan fingerprint density at radius 2 is 1.66 bits per heavy atom. The van der Waals surface area contributed by atoms with Gasteiger partial charge >= 0.3 is 6.18 Å². The number of nitrogens with zero attached hydrogens (tertiary/aromatic N) is 3. The molecule has 0 saturated heterocycles. The number of rotatable bonds is 6. The van der Waals surface area contributed by atoms with Gasteiger partial charge in [0.1, 0.15) is 5.69 Å². The average Bonchev–Trinajstić information content (AvgIpc) is 3.06. The van der Waals surface area contributed by atoms with Crippen molar-refractivity contribution < 1.29 is 26.7 Å². The Hall–Kier alpha value is -2.72. The van der Waals surface area contributed by atoms with E-state index in [2.05, 4.69) is 10.1 Å². The molecule has 0 spiro atoms. The fourth-order valence-corrected chi connectivity index (χ4v) is 3.62. The van der Waals surface area contributed by atoms with Gasteiger partial charge in [0.05, 0.1) is 4.90 Å². The van der Waals surface area contributed by atoms with Gasteiger partial charge < -0.3 is 5.11 Å². The van der Waals surface area contributed by atoms with Crippen LogP contribution in [-0.2, 0) is 22.6 Å². The van der Waals surface area contributed by atoms with Crippen LogP contribution in [0.1, 0.15) is 12.1 Å². The van der Waals surface area contributed by atoms with Gasteiger partial charge in [-0.15, -0.1) is 0 Å². The van der Waals surface area contributed by atoms with Crippen LogP contribution in [0.15, 0.2) is 53.7 Å². The van der Waals surface area contributed by atoms with Gasteiger partial charge in [-0.3, -0.25) is 9.67 Å². The summed E-state index contributed by atoms with van der Waals surface area (Å²) in [5, 5.41) is 13.2. The number of aliphatic hydroxyl groups is 1. The highest BCUT2D eigenvalue weighted by molar-refractivity contribution is 7.90. The van der Waals surface area contributed by atoms with E-state index in [1.54, 1.807) is 12.1 Å². The predicted molar refractivity (Wildman–Crippen MR) is 101 cm³/mol. The third-order valence-corrected chi connectivity index (χ3v) is 5.40. The Bertz CT molecular complexity index is 1090. The topological polar surface area (TPSA) is 85.1 Å². The van der Waals surface area contributed by atoms with Crippen molar-refractivity contribution in [2.75, 3.05) is 12.9 Å². The van der Waals surface area contributed by atoms with Crippen LogP contribution in [0.2, 0.25) is 0 Å². The van der Waals surface area contributed by atoms with Crippen LogP contribution in [0.4, 0.5) is 13.2 Å². The Labute approximate surface area is 165 Å². The summed E-state index contributed by atoms with van der Waals surface area (Å²) in [7, 11) is -3.49. The first-order chi connectivity index (χ1) is 13.6. The first-order valence-electron chi connectivity index (χ1n) is 8.62. The van der Waals surface area contributed by atoms with Crippen molar-refractivity contribution in [3.05, 3.63) is 54.5 Å². The Morgan fingerprint density at radius 3 is 2.17 bits per heavy atom. The first kappa shape index (κ1) is 21.0. The Balaban J connectivity index is 2.28. The molecule has 2 heterocycles. The maximum absolute atomic E-state index is 14.0. The molecule has 0 fully saturated rings. The fourth-order valence-electron chi connectivity index (χ4n) is 2.99. The van der Waals surface area contributed by atoms with Gasteiger partial charge in [-0.25, -0.2) is 8.42 Å². The molecule has 1 N–H and O–H groups in total. The van der Waals surface area contributed by atoms with Gasteiger partial charge in [0.15, 0.2) is 15.5 Å². The highest BCUT2D eigenvalue weighted by Crippen LogP contribution is 2.42. The number of hydrogen-bond acceptors (Lipinski definition) is 5. The van der Waals surface area contributed by atoms with Crippen LogP contribution in [0.5, 0.6) is 0 Å². The molecule has 0 bridgehead atoms. The molecule has 29 heavy (non-hydrogen) atoms. The second-order valence-corrected chi connectivity index (χ2v) is 8.42. The number of halogens is 3. The van der Waals surface area contributed by atoms with Gasteiger partial charge in [0.2, 0.25) is 0 Å². The molecule has 10 heteroatoms. The molecule has 0 unspecified atom stereocenters. The van der Waals surface area contributed by atoms with Crippen LogP contribution in [0.3, 0.4) is 0 Å². The summed E-state index contributed by atoms with van der Waals surface area (Å²) >= 11 is 0. The minimum absolute atomic E-state index is 0.00735. The molecular formula is C19H18F3N3O3S. The highest BCUT2D eigenvalue weighted by atomic mass is 32.2. The van der Waals surface area contributed by atoms with Crippen molar-refractivity contribution in [1.29, 1.82) is 0 Å². The summed E-state index contributed by atoms with van der Waals surface area (Å²) < 4.78 is 66.2. The monoisotopic (exact) mass is 425 g/mol. The lowest BCUT2D eigenvalue weighted by Crippen LogP contribution is -2.16. The second-order valence-electron chi connectivity index (χ2n) is 6.40. The molecule has 0 atom stereocenters.